The van der Waals surface area contributed by atoms with Gasteiger partial charge in [0, 0.05) is 11.1 Å². The topological polar surface area (TPSA) is 29.1 Å². The van der Waals surface area contributed by atoms with Gasteiger partial charge in [-0.15, -0.1) is 0 Å². The van der Waals surface area contributed by atoms with Crippen molar-refractivity contribution < 1.29 is 4.79 Å². The van der Waals surface area contributed by atoms with E-state index in [9.17, 15) is 4.79 Å². The molecule has 2 heteroatoms. The third-order valence-electron chi connectivity index (χ3n) is 6.05. The van der Waals surface area contributed by atoms with E-state index in [2.05, 4.69) is 80.7 Å². The van der Waals surface area contributed by atoms with E-state index in [0.717, 1.165) is 17.7 Å². The van der Waals surface area contributed by atoms with Gasteiger partial charge in [0.1, 0.15) is 0 Å². The van der Waals surface area contributed by atoms with E-state index in [4.69, 9.17) is 0 Å². The van der Waals surface area contributed by atoms with Crippen LogP contribution in [0, 0.1) is 33.6 Å². The third-order valence-corrected chi connectivity index (χ3v) is 6.05. The van der Waals surface area contributed by atoms with Crippen LogP contribution in [0.1, 0.15) is 39.8 Å². The zero-order valence-electron chi connectivity index (χ0n) is 17.0. The normalized spacial score (nSPS) is 17.2. The lowest BCUT2D eigenvalue weighted by molar-refractivity contribution is -0.117. The Labute approximate surface area is 167 Å². The van der Waals surface area contributed by atoms with E-state index >= 15 is 0 Å². The summed E-state index contributed by atoms with van der Waals surface area (Å²) in [6.07, 6.45) is 0.843. The van der Waals surface area contributed by atoms with Crippen molar-refractivity contribution in [3.63, 3.8) is 0 Å². The molecule has 1 fully saturated rings. The van der Waals surface area contributed by atoms with Crippen molar-refractivity contribution in [2.24, 2.45) is 5.92 Å². The van der Waals surface area contributed by atoms with E-state index in [-0.39, 0.29) is 17.2 Å². The second-order valence-electron chi connectivity index (χ2n) is 8.27. The summed E-state index contributed by atoms with van der Waals surface area (Å²) in [5, 5.41) is 3.18. The van der Waals surface area contributed by atoms with Crippen molar-refractivity contribution in [1.82, 2.24) is 0 Å². The molecule has 0 heterocycles. The average molecular weight is 370 g/mol. The summed E-state index contributed by atoms with van der Waals surface area (Å²) >= 11 is 0. The number of carbonyl (C=O) groups excluding carboxylic acids is 1. The van der Waals surface area contributed by atoms with Crippen LogP contribution in [0.25, 0.3) is 0 Å². The molecular formula is C26H27NO. The van der Waals surface area contributed by atoms with Gasteiger partial charge in [0.05, 0.1) is 5.92 Å². The van der Waals surface area contributed by atoms with E-state index in [1.54, 1.807) is 0 Å². The average Bonchev–Trinajstić information content (AvgIpc) is 3.42. The first-order valence-corrected chi connectivity index (χ1v) is 9.92. The number of aryl methyl sites for hydroxylation is 4. The van der Waals surface area contributed by atoms with Gasteiger partial charge in [-0.25, -0.2) is 0 Å². The maximum absolute atomic E-state index is 13.2. The predicted molar refractivity (Wildman–Crippen MR) is 116 cm³/mol. The number of amides is 1. The van der Waals surface area contributed by atoms with Crippen LogP contribution in [0.5, 0.6) is 0 Å². The van der Waals surface area contributed by atoms with Crippen molar-refractivity contribution in [2.75, 3.05) is 5.32 Å². The molecule has 1 aliphatic carbocycles. The fourth-order valence-corrected chi connectivity index (χ4v) is 4.26. The zero-order chi connectivity index (χ0) is 19.9. The summed E-state index contributed by atoms with van der Waals surface area (Å²) in [6, 6.07) is 23.4. The summed E-state index contributed by atoms with van der Waals surface area (Å²) in [4.78, 5) is 13.2. The second-order valence-corrected chi connectivity index (χ2v) is 8.27. The highest BCUT2D eigenvalue weighted by Gasteiger charge is 2.60. The molecule has 4 rings (SSSR count). The molecular weight excluding hydrogens is 342 g/mol. The molecule has 0 aromatic heterocycles. The smallest absolute Gasteiger partial charge is 0.228 e. The number of anilines is 1. The van der Waals surface area contributed by atoms with Gasteiger partial charge in [-0.3, -0.25) is 4.79 Å². The lowest BCUT2D eigenvalue weighted by atomic mass is 9.85. The summed E-state index contributed by atoms with van der Waals surface area (Å²) in [5.41, 5.74) is 7.90. The fourth-order valence-electron chi connectivity index (χ4n) is 4.26. The SMILES string of the molecule is Cc1ccc(C2(c3ccc(C)cc3)C[C@@H]2C(=O)Nc2ccc(C)cc2C)cc1. The van der Waals surface area contributed by atoms with E-state index in [0.29, 0.717) is 0 Å². The number of benzene rings is 3. The van der Waals surface area contributed by atoms with Gasteiger partial charge in [0.2, 0.25) is 5.91 Å². The van der Waals surface area contributed by atoms with Gasteiger partial charge in [0.25, 0.3) is 0 Å². The van der Waals surface area contributed by atoms with Crippen molar-refractivity contribution in [3.05, 3.63) is 100 Å². The predicted octanol–water partition coefficient (Wildman–Crippen LogP) is 5.86. The molecule has 0 radical (unpaired) electrons. The van der Waals surface area contributed by atoms with Crippen LogP contribution in [-0.4, -0.2) is 5.91 Å². The number of rotatable bonds is 4. The Morgan fingerprint density at radius 1 is 0.786 bits per heavy atom. The molecule has 1 N–H and O–H groups in total. The van der Waals surface area contributed by atoms with Crippen LogP contribution in [0.3, 0.4) is 0 Å². The monoisotopic (exact) mass is 369 g/mol. The molecule has 2 nitrogen and oxygen atoms in total. The third kappa shape index (κ3) is 3.24. The van der Waals surface area contributed by atoms with Gasteiger partial charge in [-0.1, -0.05) is 77.4 Å². The van der Waals surface area contributed by atoms with Gasteiger partial charge in [-0.05, 0) is 56.9 Å². The number of hydrogen-bond acceptors (Lipinski definition) is 1. The Balaban J connectivity index is 1.67. The molecule has 3 aromatic rings. The standard InChI is InChI=1S/C26H27NO/c1-17-5-10-21(11-6-17)26(22-12-7-18(2)8-13-22)16-23(26)25(28)27-24-14-9-19(3)15-20(24)4/h5-15,23H,16H2,1-4H3,(H,27,28)/t23-/m1/s1. The molecule has 0 saturated heterocycles. The van der Waals surface area contributed by atoms with Crippen LogP contribution >= 0.6 is 0 Å². The van der Waals surface area contributed by atoms with Crippen molar-refractivity contribution >= 4 is 11.6 Å². The molecule has 1 atom stereocenters. The zero-order valence-corrected chi connectivity index (χ0v) is 17.0. The van der Waals surface area contributed by atoms with Crippen molar-refractivity contribution in [1.29, 1.82) is 0 Å². The van der Waals surface area contributed by atoms with E-state index in [1.807, 2.05) is 19.1 Å². The highest BCUT2D eigenvalue weighted by molar-refractivity contribution is 5.97. The molecule has 1 saturated carbocycles. The lowest BCUT2D eigenvalue weighted by Crippen LogP contribution is -2.22. The van der Waals surface area contributed by atoms with Gasteiger partial charge in [0.15, 0.2) is 0 Å². The summed E-state index contributed by atoms with van der Waals surface area (Å²) in [7, 11) is 0. The molecule has 1 amide bonds. The minimum atomic E-state index is -0.232. The maximum Gasteiger partial charge on any atom is 0.228 e. The molecule has 3 aromatic carbocycles. The molecule has 0 aliphatic heterocycles. The van der Waals surface area contributed by atoms with Gasteiger partial charge < -0.3 is 5.32 Å². The summed E-state index contributed by atoms with van der Waals surface area (Å²) < 4.78 is 0. The number of carbonyl (C=O) groups is 1. The first-order valence-electron chi connectivity index (χ1n) is 9.92. The van der Waals surface area contributed by atoms with Crippen LogP contribution in [0.15, 0.2) is 66.7 Å². The van der Waals surface area contributed by atoms with Crippen LogP contribution in [-0.2, 0) is 10.2 Å². The lowest BCUT2D eigenvalue weighted by Gasteiger charge is -2.20. The molecule has 0 spiro atoms. The number of hydrogen-bond donors (Lipinski definition) is 1. The van der Waals surface area contributed by atoms with Crippen LogP contribution < -0.4 is 5.32 Å². The van der Waals surface area contributed by atoms with Crippen molar-refractivity contribution in [2.45, 2.75) is 39.5 Å². The maximum atomic E-state index is 13.2. The largest absolute Gasteiger partial charge is 0.326 e. The first-order chi connectivity index (χ1) is 13.4. The molecule has 1 aliphatic rings. The molecule has 0 bridgehead atoms. The number of nitrogens with one attached hydrogen (secondary N) is 1. The Hall–Kier alpha value is -2.87. The Kier molecular flexibility index (Phi) is 4.58. The Morgan fingerprint density at radius 2 is 1.29 bits per heavy atom. The van der Waals surface area contributed by atoms with Gasteiger partial charge in [-0.2, -0.15) is 0 Å². The Bertz CT molecular complexity index is 970. The molecule has 142 valence electrons. The summed E-state index contributed by atoms with van der Waals surface area (Å²) in [5.74, 6) is 0.0479. The first kappa shape index (κ1) is 18.5. The quantitative estimate of drug-likeness (QED) is 0.613. The Morgan fingerprint density at radius 3 is 1.79 bits per heavy atom. The minimum Gasteiger partial charge on any atom is -0.326 e. The van der Waals surface area contributed by atoms with E-state index in [1.165, 1.54) is 27.8 Å². The van der Waals surface area contributed by atoms with Crippen LogP contribution in [0.4, 0.5) is 5.69 Å². The van der Waals surface area contributed by atoms with Crippen LogP contribution in [0.2, 0.25) is 0 Å². The summed E-state index contributed by atoms with van der Waals surface area (Å²) in [6.45, 7) is 8.31. The molecule has 0 unspecified atom stereocenters. The van der Waals surface area contributed by atoms with E-state index < -0.39 is 0 Å². The highest BCUT2D eigenvalue weighted by Crippen LogP contribution is 2.59. The molecule has 28 heavy (non-hydrogen) atoms. The minimum absolute atomic E-state index is 0.0568. The second kappa shape index (κ2) is 6.94. The van der Waals surface area contributed by atoms with Gasteiger partial charge >= 0.3 is 0 Å². The van der Waals surface area contributed by atoms with Crippen molar-refractivity contribution in [3.8, 4) is 0 Å². The fraction of sp³-hybridized carbons (Fsp3) is 0.269. The highest BCUT2D eigenvalue weighted by atomic mass is 16.2.